The highest BCUT2D eigenvalue weighted by atomic mass is 35.5. The molecule has 2 atom stereocenters. The van der Waals surface area contributed by atoms with E-state index in [1.54, 1.807) is 19.2 Å². The first-order valence-corrected chi connectivity index (χ1v) is 14.7. The molecule has 5 rings (SSSR count). The van der Waals surface area contributed by atoms with Crippen LogP contribution in [0.3, 0.4) is 0 Å². The van der Waals surface area contributed by atoms with Crippen molar-refractivity contribution in [3.8, 4) is 11.4 Å². The monoisotopic (exact) mass is 616 g/mol. The lowest BCUT2D eigenvalue weighted by molar-refractivity contribution is 0.0951. The van der Waals surface area contributed by atoms with E-state index in [-0.39, 0.29) is 12.3 Å². The maximum atomic E-state index is 12.4. The van der Waals surface area contributed by atoms with Crippen LogP contribution in [-0.4, -0.2) is 75.1 Å². The summed E-state index contributed by atoms with van der Waals surface area (Å²) in [5.74, 6) is 1.78. The summed E-state index contributed by atoms with van der Waals surface area (Å²) < 4.78 is 7.50. The number of aliphatic imine (C=N–C) groups is 1. The summed E-state index contributed by atoms with van der Waals surface area (Å²) in [5.41, 5.74) is 4.08. The van der Waals surface area contributed by atoms with Crippen LogP contribution in [0.15, 0.2) is 71.7 Å². The average Bonchev–Trinajstić information content (AvgIpc) is 3.35. The van der Waals surface area contributed by atoms with Gasteiger partial charge in [0.15, 0.2) is 5.82 Å². The number of fused-ring (bicyclic) bond motifs is 3. The minimum Gasteiger partial charge on any atom is -0.497 e. The number of carbonyl (C=O) groups excluding carboxylic acids is 1. The van der Waals surface area contributed by atoms with Gasteiger partial charge in [0, 0.05) is 34.7 Å². The van der Waals surface area contributed by atoms with Crippen molar-refractivity contribution in [2.75, 3.05) is 20.2 Å². The van der Waals surface area contributed by atoms with Crippen LogP contribution in [0.1, 0.15) is 58.4 Å². The first-order chi connectivity index (χ1) is 21.2. The van der Waals surface area contributed by atoms with E-state index < -0.39 is 19.4 Å². The average molecular weight is 617 g/mol. The largest absolute Gasteiger partial charge is 0.497 e. The Labute approximate surface area is 260 Å². The van der Waals surface area contributed by atoms with Crippen LogP contribution in [0.25, 0.3) is 5.69 Å². The summed E-state index contributed by atoms with van der Waals surface area (Å²) in [5, 5.41) is 44.8. The van der Waals surface area contributed by atoms with Crippen LogP contribution in [0.2, 0.25) is 5.02 Å². The molecule has 0 bridgehead atoms. The number of benzene rings is 3. The molecule has 1 amide bonds. The lowest BCUT2D eigenvalue weighted by Gasteiger charge is -2.18. The van der Waals surface area contributed by atoms with Gasteiger partial charge in [-0.2, -0.15) is 0 Å². The molecule has 1 aliphatic rings. The standard InChI is InChI=1S/C31H34BClN6O5/c1-19-37-38-30-26(18-28(40)34-15-3-4-16-35-31(41)21-5-9-22(10-6-21)32(42)43)36-29(20-7-11-23(33)12-8-20)25-17-24(44-2)13-14-27(25)39(19)30/h5-14,17,26,28,34,40,42-43H,3-4,15-16,18H2,1-2H3,(H,35,41). The first-order valence-electron chi connectivity index (χ1n) is 14.4. The molecule has 0 saturated carbocycles. The topological polar surface area (TPSA) is 154 Å². The molecule has 2 heterocycles. The van der Waals surface area contributed by atoms with Gasteiger partial charge in [-0.1, -0.05) is 35.9 Å². The molecule has 11 nitrogen and oxygen atoms in total. The van der Waals surface area contributed by atoms with Crippen LogP contribution in [0, 0.1) is 6.92 Å². The SMILES string of the molecule is COc1ccc2c(c1)C(c1ccc(Cl)cc1)=NC(CC(O)NCCCCNC(=O)c1ccc(B(O)O)cc1)c1nnc(C)n1-2. The fraction of sp³-hybridized carbons (Fsp3) is 0.290. The van der Waals surface area contributed by atoms with Crippen LogP contribution in [0.5, 0.6) is 5.75 Å². The normalized spacial score (nSPS) is 14.6. The van der Waals surface area contributed by atoms with Gasteiger partial charge in [0.1, 0.15) is 23.8 Å². The number of unbranched alkanes of at least 4 members (excludes halogenated alkanes) is 1. The molecule has 0 saturated heterocycles. The Balaban J connectivity index is 1.24. The number of nitrogens with one attached hydrogen (secondary N) is 2. The van der Waals surface area contributed by atoms with E-state index in [4.69, 9.17) is 21.3 Å². The van der Waals surface area contributed by atoms with E-state index in [0.717, 1.165) is 28.9 Å². The van der Waals surface area contributed by atoms with E-state index in [9.17, 15) is 19.9 Å². The van der Waals surface area contributed by atoms with E-state index in [1.165, 1.54) is 12.1 Å². The zero-order valence-electron chi connectivity index (χ0n) is 24.4. The van der Waals surface area contributed by atoms with E-state index in [0.29, 0.717) is 53.0 Å². The summed E-state index contributed by atoms with van der Waals surface area (Å²) in [6.45, 7) is 2.88. The van der Waals surface area contributed by atoms with Crippen LogP contribution >= 0.6 is 11.6 Å². The Morgan fingerprint density at radius 1 is 1.05 bits per heavy atom. The molecule has 228 valence electrons. The molecular formula is C31H34BClN6O5. The molecular weight excluding hydrogens is 583 g/mol. The molecule has 44 heavy (non-hydrogen) atoms. The second-order valence-electron chi connectivity index (χ2n) is 10.5. The van der Waals surface area contributed by atoms with Gasteiger partial charge in [0.05, 0.1) is 18.5 Å². The molecule has 1 aromatic heterocycles. The first kappa shape index (κ1) is 31.4. The van der Waals surface area contributed by atoms with Crippen molar-refractivity contribution in [2.24, 2.45) is 4.99 Å². The summed E-state index contributed by atoms with van der Waals surface area (Å²) in [7, 11) is 0.0495. The van der Waals surface area contributed by atoms with E-state index in [1.807, 2.05) is 54.0 Å². The Hall–Kier alpha value is -4.07. The highest BCUT2D eigenvalue weighted by Gasteiger charge is 2.30. The molecule has 0 fully saturated rings. The summed E-state index contributed by atoms with van der Waals surface area (Å²) >= 11 is 6.18. The Morgan fingerprint density at radius 2 is 1.77 bits per heavy atom. The van der Waals surface area contributed by atoms with Crippen LogP contribution in [0.4, 0.5) is 0 Å². The van der Waals surface area contributed by atoms with Crippen molar-refractivity contribution in [3.05, 3.63) is 100 Å². The number of hydrogen-bond acceptors (Lipinski definition) is 9. The lowest BCUT2D eigenvalue weighted by Crippen LogP contribution is -2.32. The third-order valence-electron chi connectivity index (χ3n) is 7.44. The Morgan fingerprint density at radius 3 is 2.48 bits per heavy atom. The van der Waals surface area contributed by atoms with Crippen molar-refractivity contribution in [2.45, 2.75) is 38.5 Å². The fourth-order valence-electron chi connectivity index (χ4n) is 5.12. The molecule has 0 aliphatic carbocycles. The number of rotatable bonds is 12. The third-order valence-corrected chi connectivity index (χ3v) is 7.69. The number of aromatic nitrogens is 3. The Kier molecular flexibility index (Phi) is 10.1. The highest BCUT2D eigenvalue weighted by Crippen LogP contribution is 2.34. The van der Waals surface area contributed by atoms with Crippen LogP contribution in [-0.2, 0) is 0 Å². The minimum absolute atomic E-state index is 0.238. The Bertz CT molecular complexity index is 1630. The second kappa shape index (κ2) is 14.1. The van der Waals surface area contributed by atoms with Crippen molar-refractivity contribution in [3.63, 3.8) is 0 Å². The van der Waals surface area contributed by atoms with Gasteiger partial charge in [0.25, 0.3) is 5.91 Å². The number of aliphatic hydroxyl groups is 1. The number of nitrogens with zero attached hydrogens (tertiary/aromatic N) is 4. The van der Waals surface area contributed by atoms with Gasteiger partial charge < -0.3 is 25.2 Å². The summed E-state index contributed by atoms with van der Waals surface area (Å²) in [6.07, 6.45) is 0.810. The molecule has 5 N–H and O–H groups in total. The van der Waals surface area contributed by atoms with E-state index in [2.05, 4.69) is 20.8 Å². The van der Waals surface area contributed by atoms with Crippen molar-refractivity contribution in [1.82, 2.24) is 25.4 Å². The molecule has 1 aliphatic heterocycles. The van der Waals surface area contributed by atoms with Gasteiger partial charge in [0.2, 0.25) is 0 Å². The van der Waals surface area contributed by atoms with Gasteiger partial charge in [-0.15, -0.1) is 10.2 Å². The number of carbonyl (C=O) groups is 1. The maximum absolute atomic E-state index is 12.4. The number of halogens is 1. The zero-order chi connectivity index (χ0) is 31.2. The van der Waals surface area contributed by atoms with Crippen molar-refractivity contribution >= 4 is 35.8 Å². The zero-order valence-corrected chi connectivity index (χ0v) is 25.2. The number of hydrogen-bond donors (Lipinski definition) is 5. The summed E-state index contributed by atoms with van der Waals surface area (Å²) in [4.78, 5) is 17.5. The third kappa shape index (κ3) is 7.17. The number of amides is 1. The fourth-order valence-corrected chi connectivity index (χ4v) is 5.25. The molecule has 3 aromatic carbocycles. The maximum Gasteiger partial charge on any atom is 0.488 e. The van der Waals surface area contributed by atoms with Gasteiger partial charge in [-0.3, -0.25) is 19.7 Å². The lowest BCUT2D eigenvalue weighted by atomic mass is 9.80. The van der Waals surface area contributed by atoms with Crippen molar-refractivity contribution < 1.29 is 24.7 Å². The van der Waals surface area contributed by atoms with Gasteiger partial charge in [-0.25, -0.2) is 0 Å². The van der Waals surface area contributed by atoms with Gasteiger partial charge in [-0.05, 0) is 74.2 Å². The quantitative estimate of drug-likeness (QED) is 0.0923. The molecule has 13 heteroatoms. The summed E-state index contributed by atoms with van der Waals surface area (Å²) in [6, 6.07) is 18.9. The van der Waals surface area contributed by atoms with Gasteiger partial charge >= 0.3 is 7.12 Å². The predicted molar refractivity (Wildman–Crippen MR) is 169 cm³/mol. The predicted octanol–water partition coefficient (Wildman–Crippen LogP) is 2.32. The number of aliphatic hydroxyl groups excluding tert-OH is 1. The molecule has 0 spiro atoms. The second-order valence-corrected chi connectivity index (χ2v) is 10.9. The number of aryl methyl sites for hydroxylation is 1. The number of ether oxygens (including phenoxy) is 1. The number of methoxy groups -OCH3 is 1. The minimum atomic E-state index is -1.57. The molecule has 2 unspecified atom stereocenters. The van der Waals surface area contributed by atoms with E-state index >= 15 is 0 Å². The molecule has 4 aromatic rings. The van der Waals surface area contributed by atoms with Crippen LogP contribution < -0.4 is 20.8 Å². The highest BCUT2D eigenvalue weighted by molar-refractivity contribution is 6.58. The smallest absolute Gasteiger partial charge is 0.488 e. The van der Waals surface area contributed by atoms with Crippen molar-refractivity contribution in [1.29, 1.82) is 0 Å². The molecule has 0 radical (unpaired) electrons.